The first-order chi connectivity index (χ1) is 7.79. The summed E-state index contributed by atoms with van der Waals surface area (Å²) < 4.78 is 0. The maximum absolute atomic E-state index is 11.8. The van der Waals surface area contributed by atoms with E-state index in [9.17, 15) is 4.79 Å². The van der Waals surface area contributed by atoms with E-state index in [1.165, 1.54) is 0 Å². The van der Waals surface area contributed by atoms with Crippen molar-refractivity contribution in [3.63, 3.8) is 0 Å². The number of nitrogens with zero attached hydrogens (tertiary/aromatic N) is 1. The van der Waals surface area contributed by atoms with Crippen molar-refractivity contribution in [3.8, 4) is 0 Å². The van der Waals surface area contributed by atoms with E-state index >= 15 is 0 Å². The summed E-state index contributed by atoms with van der Waals surface area (Å²) in [7, 11) is 3.87. The normalized spacial score (nSPS) is 11.1. The molecule has 94 valence electrons. The highest BCUT2D eigenvalue weighted by Gasteiger charge is 2.14. The monoisotopic (exact) mass is 236 g/mol. The van der Waals surface area contributed by atoms with Crippen molar-refractivity contribution in [3.05, 3.63) is 29.8 Å². The van der Waals surface area contributed by atoms with Gasteiger partial charge in [0.1, 0.15) is 0 Å². The minimum absolute atomic E-state index is 0.233. The summed E-state index contributed by atoms with van der Waals surface area (Å²) in [5.74, 6) is -0.233. The van der Waals surface area contributed by atoms with Gasteiger partial charge >= 0.3 is 0 Å². The SMILES string of the molecule is CN(C)c1cccc(C(=O)NOC(C)(C)C)c1. The Balaban J connectivity index is 2.72. The van der Waals surface area contributed by atoms with Gasteiger partial charge in [0.25, 0.3) is 5.91 Å². The number of hydrogen-bond acceptors (Lipinski definition) is 3. The van der Waals surface area contributed by atoms with Crippen molar-refractivity contribution in [1.82, 2.24) is 5.48 Å². The van der Waals surface area contributed by atoms with E-state index in [-0.39, 0.29) is 5.91 Å². The van der Waals surface area contributed by atoms with Crippen LogP contribution in [0.5, 0.6) is 0 Å². The van der Waals surface area contributed by atoms with Gasteiger partial charge in [-0.3, -0.25) is 9.63 Å². The van der Waals surface area contributed by atoms with E-state index in [4.69, 9.17) is 4.84 Å². The van der Waals surface area contributed by atoms with E-state index in [1.807, 2.05) is 58.0 Å². The van der Waals surface area contributed by atoms with Crippen LogP contribution in [-0.2, 0) is 4.84 Å². The summed E-state index contributed by atoms with van der Waals surface area (Å²) in [4.78, 5) is 19.0. The zero-order chi connectivity index (χ0) is 13.1. The molecule has 0 aromatic heterocycles. The fraction of sp³-hybridized carbons (Fsp3) is 0.462. The van der Waals surface area contributed by atoms with E-state index in [0.717, 1.165) is 5.69 Å². The van der Waals surface area contributed by atoms with E-state index in [0.29, 0.717) is 5.56 Å². The molecule has 0 saturated heterocycles. The molecule has 0 fully saturated rings. The maximum Gasteiger partial charge on any atom is 0.274 e. The van der Waals surface area contributed by atoms with Crippen LogP contribution in [0.3, 0.4) is 0 Å². The number of carbonyl (C=O) groups is 1. The van der Waals surface area contributed by atoms with Crippen molar-refractivity contribution < 1.29 is 9.63 Å². The zero-order valence-corrected chi connectivity index (χ0v) is 11.1. The van der Waals surface area contributed by atoms with Crippen molar-refractivity contribution in [2.45, 2.75) is 26.4 Å². The number of anilines is 1. The van der Waals surface area contributed by atoms with Crippen LogP contribution in [0.25, 0.3) is 0 Å². The lowest BCUT2D eigenvalue weighted by molar-refractivity contribution is -0.0589. The Kier molecular flexibility index (Phi) is 4.12. The van der Waals surface area contributed by atoms with Gasteiger partial charge in [-0.05, 0) is 39.0 Å². The standard InChI is InChI=1S/C13H20N2O2/c1-13(2,3)17-14-12(16)10-7-6-8-11(9-10)15(4)5/h6-9H,1-5H3,(H,14,16). The van der Waals surface area contributed by atoms with Gasteiger partial charge in [0.2, 0.25) is 0 Å². The second kappa shape index (κ2) is 5.19. The molecule has 0 aliphatic carbocycles. The molecule has 0 heterocycles. The molecule has 17 heavy (non-hydrogen) atoms. The lowest BCUT2D eigenvalue weighted by Crippen LogP contribution is -2.33. The zero-order valence-electron chi connectivity index (χ0n) is 11.1. The number of benzene rings is 1. The van der Waals surface area contributed by atoms with Crippen LogP contribution >= 0.6 is 0 Å². The largest absolute Gasteiger partial charge is 0.378 e. The second-order valence-corrected chi connectivity index (χ2v) is 5.09. The minimum Gasteiger partial charge on any atom is -0.378 e. The van der Waals surface area contributed by atoms with Crippen LogP contribution in [0.1, 0.15) is 31.1 Å². The van der Waals surface area contributed by atoms with Crippen LogP contribution in [0.15, 0.2) is 24.3 Å². The van der Waals surface area contributed by atoms with Gasteiger partial charge in [-0.25, -0.2) is 5.48 Å². The molecule has 0 aliphatic rings. The Morgan fingerprint density at radius 1 is 1.29 bits per heavy atom. The molecule has 1 aromatic carbocycles. The molecular formula is C13H20N2O2. The predicted octanol–water partition coefficient (Wildman–Crippen LogP) is 2.21. The number of amides is 1. The fourth-order valence-electron chi connectivity index (χ4n) is 1.18. The Bertz CT molecular complexity index is 395. The van der Waals surface area contributed by atoms with E-state index in [1.54, 1.807) is 6.07 Å². The summed E-state index contributed by atoms with van der Waals surface area (Å²) >= 11 is 0. The highest BCUT2D eigenvalue weighted by Crippen LogP contribution is 2.13. The van der Waals surface area contributed by atoms with Crippen molar-refractivity contribution in [2.24, 2.45) is 0 Å². The van der Waals surface area contributed by atoms with Crippen molar-refractivity contribution >= 4 is 11.6 Å². The molecule has 0 aliphatic heterocycles. The van der Waals surface area contributed by atoms with Gasteiger partial charge in [-0.2, -0.15) is 0 Å². The van der Waals surface area contributed by atoms with Gasteiger partial charge in [0.05, 0.1) is 5.60 Å². The van der Waals surface area contributed by atoms with E-state index in [2.05, 4.69) is 5.48 Å². The highest BCUT2D eigenvalue weighted by molar-refractivity contribution is 5.94. The average Bonchev–Trinajstić information content (AvgIpc) is 2.25. The van der Waals surface area contributed by atoms with Gasteiger partial charge < -0.3 is 4.90 Å². The quantitative estimate of drug-likeness (QED) is 0.818. The van der Waals surface area contributed by atoms with Gasteiger partial charge in [-0.15, -0.1) is 0 Å². The topological polar surface area (TPSA) is 41.6 Å². The summed E-state index contributed by atoms with van der Waals surface area (Å²) in [6.07, 6.45) is 0. The Morgan fingerprint density at radius 2 is 1.94 bits per heavy atom. The molecule has 4 nitrogen and oxygen atoms in total. The number of nitrogens with one attached hydrogen (secondary N) is 1. The summed E-state index contributed by atoms with van der Waals surface area (Å²) in [5.41, 5.74) is 3.62. The molecule has 0 unspecified atom stereocenters. The number of hydroxylamine groups is 1. The molecular weight excluding hydrogens is 216 g/mol. The summed E-state index contributed by atoms with van der Waals surface area (Å²) in [6.45, 7) is 5.64. The number of rotatable bonds is 3. The molecule has 4 heteroatoms. The highest BCUT2D eigenvalue weighted by atomic mass is 16.7. The summed E-state index contributed by atoms with van der Waals surface area (Å²) in [6, 6.07) is 7.37. The first-order valence-corrected chi connectivity index (χ1v) is 5.55. The van der Waals surface area contributed by atoms with E-state index < -0.39 is 5.60 Å². The minimum atomic E-state index is -0.394. The molecule has 0 saturated carbocycles. The second-order valence-electron chi connectivity index (χ2n) is 5.09. The average molecular weight is 236 g/mol. The van der Waals surface area contributed by atoms with Crippen molar-refractivity contribution in [2.75, 3.05) is 19.0 Å². The molecule has 1 amide bonds. The molecule has 1 rings (SSSR count). The first kappa shape index (κ1) is 13.5. The van der Waals surface area contributed by atoms with Crippen LogP contribution in [0, 0.1) is 0 Å². The molecule has 0 radical (unpaired) electrons. The third-order valence-electron chi connectivity index (χ3n) is 2.07. The number of carbonyl (C=O) groups excluding carboxylic acids is 1. The molecule has 0 atom stereocenters. The smallest absolute Gasteiger partial charge is 0.274 e. The Morgan fingerprint density at radius 3 is 2.47 bits per heavy atom. The fourth-order valence-corrected chi connectivity index (χ4v) is 1.18. The summed E-state index contributed by atoms with van der Waals surface area (Å²) in [5, 5.41) is 0. The lowest BCUT2D eigenvalue weighted by Gasteiger charge is -2.19. The molecule has 1 N–H and O–H groups in total. The third kappa shape index (κ3) is 4.44. The van der Waals surface area contributed by atoms with Crippen LogP contribution < -0.4 is 10.4 Å². The van der Waals surface area contributed by atoms with Crippen LogP contribution in [0.2, 0.25) is 0 Å². The van der Waals surface area contributed by atoms with Gasteiger partial charge in [-0.1, -0.05) is 6.07 Å². The number of hydrogen-bond donors (Lipinski definition) is 1. The third-order valence-corrected chi connectivity index (χ3v) is 2.07. The lowest BCUT2D eigenvalue weighted by atomic mass is 10.2. The maximum atomic E-state index is 11.8. The predicted molar refractivity (Wildman–Crippen MR) is 69.1 cm³/mol. The molecule has 0 bridgehead atoms. The molecule has 1 aromatic rings. The molecule has 0 spiro atoms. The van der Waals surface area contributed by atoms with Crippen LogP contribution in [-0.4, -0.2) is 25.6 Å². The van der Waals surface area contributed by atoms with Crippen LogP contribution in [0.4, 0.5) is 5.69 Å². The first-order valence-electron chi connectivity index (χ1n) is 5.55. The van der Waals surface area contributed by atoms with Gasteiger partial charge in [0, 0.05) is 25.3 Å². The van der Waals surface area contributed by atoms with Gasteiger partial charge in [0.15, 0.2) is 0 Å². The van der Waals surface area contributed by atoms with Crippen molar-refractivity contribution in [1.29, 1.82) is 0 Å². The Labute approximate surface area is 103 Å². The Hall–Kier alpha value is -1.55.